The smallest absolute Gasteiger partial charge is 0.338 e. The van der Waals surface area contributed by atoms with E-state index in [1.54, 1.807) is 19.1 Å². The van der Waals surface area contributed by atoms with Gasteiger partial charge in [0.15, 0.2) is 11.5 Å². The average molecular weight is 437 g/mol. The van der Waals surface area contributed by atoms with Crippen molar-refractivity contribution in [1.29, 1.82) is 0 Å². The zero-order chi connectivity index (χ0) is 22.7. The highest BCUT2D eigenvalue weighted by Gasteiger charge is 2.32. The highest BCUT2D eigenvalue weighted by molar-refractivity contribution is 5.95. The van der Waals surface area contributed by atoms with Crippen LogP contribution < -0.4 is 25.0 Å². The van der Waals surface area contributed by atoms with E-state index in [4.69, 9.17) is 14.2 Å². The Morgan fingerprint density at radius 2 is 1.81 bits per heavy atom. The van der Waals surface area contributed by atoms with Crippen molar-refractivity contribution in [1.82, 2.24) is 10.6 Å². The molecule has 0 saturated carbocycles. The average Bonchev–Trinajstić information content (AvgIpc) is 3.26. The van der Waals surface area contributed by atoms with Gasteiger partial charge < -0.3 is 29.7 Å². The molecular weight excluding hydrogens is 410 g/mol. The molecule has 0 radical (unpaired) electrons. The van der Waals surface area contributed by atoms with Gasteiger partial charge in [0.05, 0.1) is 11.6 Å². The summed E-state index contributed by atoms with van der Waals surface area (Å²) in [5.74, 6) is 0.809. The van der Waals surface area contributed by atoms with Crippen molar-refractivity contribution < 1.29 is 23.8 Å². The minimum Gasteiger partial charge on any atom is -0.457 e. The lowest BCUT2D eigenvalue weighted by molar-refractivity contribution is -0.140. The fraction of sp³-hybridized carbons (Fsp3) is 0.333. The summed E-state index contributed by atoms with van der Waals surface area (Å²) in [7, 11) is 0. The highest BCUT2D eigenvalue weighted by atomic mass is 16.7. The molecule has 0 aliphatic carbocycles. The lowest BCUT2D eigenvalue weighted by Gasteiger charge is -2.29. The topological polar surface area (TPSA) is 89.1 Å². The maximum absolute atomic E-state index is 13.0. The first-order valence-corrected chi connectivity index (χ1v) is 10.7. The summed E-state index contributed by atoms with van der Waals surface area (Å²) < 4.78 is 16.3. The molecule has 168 valence electrons. The Labute approximate surface area is 187 Å². The lowest BCUT2D eigenvalue weighted by Crippen LogP contribution is -2.45. The number of carbonyl (C=O) groups is 2. The van der Waals surface area contributed by atoms with Gasteiger partial charge in [0.1, 0.15) is 6.61 Å². The van der Waals surface area contributed by atoms with Crippen LogP contribution in [0.5, 0.6) is 11.5 Å². The van der Waals surface area contributed by atoms with Gasteiger partial charge >= 0.3 is 12.0 Å². The van der Waals surface area contributed by atoms with Crippen LogP contribution in [0, 0.1) is 0 Å². The van der Waals surface area contributed by atoms with Crippen LogP contribution in [0.2, 0.25) is 0 Å². The van der Waals surface area contributed by atoms with Crippen molar-refractivity contribution in [3.63, 3.8) is 0 Å². The van der Waals surface area contributed by atoms with E-state index in [1.165, 1.54) is 0 Å². The standard InChI is InChI=1S/C24H27N3O5/c1-4-27(5-2)18-9-7-17(8-10-18)22-21(15(3)25-24(29)26-22)23(28)30-13-16-6-11-19-20(12-16)32-14-31-19/h6-12,22H,4-5,13-14H2,1-3H3,(H2,25,26,29). The molecule has 2 aromatic carbocycles. The van der Waals surface area contributed by atoms with Crippen LogP contribution in [0.4, 0.5) is 10.5 Å². The van der Waals surface area contributed by atoms with Crippen molar-refractivity contribution in [2.75, 3.05) is 24.8 Å². The largest absolute Gasteiger partial charge is 0.457 e. The molecule has 8 nitrogen and oxygen atoms in total. The molecule has 1 atom stereocenters. The minimum atomic E-state index is -0.598. The van der Waals surface area contributed by atoms with Crippen LogP contribution in [0.3, 0.4) is 0 Å². The third kappa shape index (κ3) is 4.34. The van der Waals surface area contributed by atoms with Gasteiger partial charge in [-0.25, -0.2) is 9.59 Å². The van der Waals surface area contributed by atoms with Gasteiger partial charge in [-0.1, -0.05) is 18.2 Å². The number of carbonyl (C=O) groups excluding carboxylic acids is 2. The molecule has 32 heavy (non-hydrogen) atoms. The minimum absolute atomic E-state index is 0.0772. The first kappa shape index (κ1) is 21.5. The van der Waals surface area contributed by atoms with Gasteiger partial charge in [0.25, 0.3) is 0 Å². The number of fused-ring (bicyclic) bond motifs is 1. The van der Waals surface area contributed by atoms with Gasteiger partial charge in [-0.05, 0) is 56.2 Å². The summed E-state index contributed by atoms with van der Waals surface area (Å²) in [4.78, 5) is 27.4. The fourth-order valence-corrected chi connectivity index (χ4v) is 3.94. The predicted octanol–water partition coefficient (Wildman–Crippen LogP) is 3.63. The summed E-state index contributed by atoms with van der Waals surface area (Å²) in [6.45, 7) is 7.97. The number of rotatable bonds is 7. The maximum atomic E-state index is 13.0. The summed E-state index contributed by atoms with van der Waals surface area (Å²) in [5, 5.41) is 5.52. The van der Waals surface area contributed by atoms with E-state index < -0.39 is 12.0 Å². The summed E-state index contributed by atoms with van der Waals surface area (Å²) in [6.07, 6.45) is 0. The Morgan fingerprint density at radius 3 is 2.53 bits per heavy atom. The molecular formula is C24H27N3O5. The zero-order valence-electron chi connectivity index (χ0n) is 18.4. The van der Waals surface area contributed by atoms with Crippen LogP contribution >= 0.6 is 0 Å². The van der Waals surface area contributed by atoms with Crippen molar-refractivity contribution in [3.8, 4) is 11.5 Å². The van der Waals surface area contributed by atoms with E-state index >= 15 is 0 Å². The molecule has 0 saturated heterocycles. The molecule has 0 spiro atoms. The van der Waals surface area contributed by atoms with E-state index in [2.05, 4.69) is 29.4 Å². The Bertz CT molecular complexity index is 1040. The Balaban J connectivity index is 1.52. The number of urea groups is 1. The molecule has 0 aromatic heterocycles. The van der Waals surface area contributed by atoms with Crippen LogP contribution in [0.1, 0.15) is 37.9 Å². The fourth-order valence-electron chi connectivity index (χ4n) is 3.94. The van der Waals surface area contributed by atoms with Gasteiger partial charge in [-0.3, -0.25) is 0 Å². The molecule has 2 aromatic rings. The molecule has 0 bridgehead atoms. The number of nitrogens with zero attached hydrogens (tertiary/aromatic N) is 1. The van der Waals surface area contributed by atoms with Crippen LogP contribution in [0.25, 0.3) is 0 Å². The second kappa shape index (κ2) is 9.21. The quantitative estimate of drug-likeness (QED) is 0.643. The summed E-state index contributed by atoms with van der Waals surface area (Å²) in [6, 6.07) is 12.3. The maximum Gasteiger partial charge on any atom is 0.338 e. The number of benzene rings is 2. The van der Waals surface area contributed by atoms with Gasteiger partial charge in [0, 0.05) is 24.5 Å². The number of ether oxygens (including phenoxy) is 3. The predicted molar refractivity (Wildman–Crippen MR) is 119 cm³/mol. The number of esters is 1. The number of nitrogens with one attached hydrogen (secondary N) is 2. The first-order chi connectivity index (χ1) is 15.5. The van der Waals surface area contributed by atoms with E-state index in [9.17, 15) is 9.59 Å². The summed E-state index contributed by atoms with van der Waals surface area (Å²) in [5.41, 5.74) is 3.54. The number of hydrogen-bond acceptors (Lipinski definition) is 6. The zero-order valence-corrected chi connectivity index (χ0v) is 18.4. The van der Waals surface area contributed by atoms with Gasteiger partial charge in [-0.2, -0.15) is 0 Å². The molecule has 2 amide bonds. The third-order valence-corrected chi connectivity index (χ3v) is 5.65. The van der Waals surface area contributed by atoms with E-state index in [1.807, 2.05) is 30.3 Å². The van der Waals surface area contributed by atoms with E-state index in [0.717, 1.165) is 29.9 Å². The van der Waals surface area contributed by atoms with E-state index in [-0.39, 0.29) is 19.4 Å². The second-order valence-electron chi connectivity index (χ2n) is 7.60. The molecule has 2 heterocycles. The van der Waals surface area contributed by atoms with Crippen molar-refractivity contribution in [2.24, 2.45) is 0 Å². The molecule has 0 fully saturated rings. The number of allylic oxidation sites excluding steroid dienone is 1. The van der Waals surface area contributed by atoms with Gasteiger partial charge in [-0.15, -0.1) is 0 Å². The van der Waals surface area contributed by atoms with Crippen molar-refractivity contribution in [2.45, 2.75) is 33.4 Å². The Morgan fingerprint density at radius 1 is 1.09 bits per heavy atom. The molecule has 1 unspecified atom stereocenters. The Kier molecular flexibility index (Phi) is 6.20. The second-order valence-corrected chi connectivity index (χ2v) is 7.60. The summed E-state index contributed by atoms with van der Waals surface area (Å²) >= 11 is 0. The Hall–Kier alpha value is -3.68. The van der Waals surface area contributed by atoms with Crippen LogP contribution in [-0.4, -0.2) is 31.9 Å². The molecule has 4 rings (SSSR count). The van der Waals surface area contributed by atoms with Crippen LogP contribution in [0.15, 0.2) is 53.7 Å². The van der Waals surface area contributed by atoms with Crippen molar-refractivity contribution in [3.05, 3.63) is 64.9 Å². The normalized spacial score (nSPS) is 17.0. The first-order valence-electron chi connectivity index (χ1n) is 10.7. The third-order valence-electron chi connectivity index (χ3n) is 5.65. The molecule has 2 aliphatic heterocycles. The van der Waals surface area contributed by atoms with Crippen molar-refractivity contribution >= 4 is 17.7 Å². The number of hydrogen-bond donors (Lipinski definition) is 2. The monoisotopic (exact) mass is 437 g/mol. The molecule has 8 heteroatoms. The lowest BCUT2D eigenvalue weighted by atomic mass is 9.95. The number of amides is 2. The van der Waals surface area contributed by atoms with Gasteiger partial charge in [0.2, 0.25) is 6.79 Å². The molecule has 2 aliphatic rings. The van der Waals surface area contributed by atoms with E-state index in [0.29, 0.717) is 22.8 Å². The molecule has 2 N–H and O–H groups in total. The SMILES string of the molecule is CCN(CC)c1ccc(C2NC(=O)NC(C)=C2C(=O)OCc2ccc3c(c2)OCO3)cc1. The highest BCUT2D eigenvalue weighted by Crippen LogP contribution is 2.33. The van der Waals surface area contributed by atoms with Crippen LogP contribution in [-0.2, 0) is 16.1 Å². The number of anilines is 1.